The Morgan fingerprint density at radius 3 is 2.71 bits per heavy atom. The molecule has 3 aliphatic rings. The Kier molecular flexibility index (Phi) is 5.85. The van der Waals surface area contributed by atoms with E-state index < -0.39 is 29.5 Å². The molecular formula is C25H24F2N4O3. The SMILES string of the molecule is CN1C(=O)[C@@H](NC(=O)C2=NN=C(Cc3ccccc3)CC3CCC23)COc2cc(F)cc(F)c21. The molecule has 0 aromatic heterocycles. The van der Waals surface area contributed by atoms with Gasteiger partial charge in [-0.3, -0.25) is 9.59 Å². The zero-order valence-electron chi connectivity index (χ0n) is 18.6. The minimum atomic E-state index is -1.08. The molecule has 2 aliphatic heterocycles. The second-order valence-corrected chi connectivity index (χ2v) is 8.93. The van der Waals surface area contributed by atoms with Crippen LogP contribution in [0.3, 0.4) is 0 Å². The smallest absolute Gasteiger partial charge is 0.268 e. The molecule has 9 heteroatoms. The van der Waals surface area contributed by atoms with Gasteiger partial charge in [-0.2, -0.15) is 5.10 Å². The quantitative estimate of drug-likeness (QED) is 0.751. The third-order valence-electron chi connectivity index (χ3n) is 6.72. The number of hydrogen-bond donors (Lipinski definition) is 1. The minimum Gasteiger partial charge on any atom is -0.488 e. The largest absolute Gasteiger partial charge is 0.488 e. The molecule has 0 saturated heterocycles. The van der Waals surface area contributed by atoms with Crippen LogP contribution in [-0.4, -0.2) is 42.9 Å². The fraction of sp³-hybridized carbons (Fsp3) is 0.360. The van der Waals surface area contributed by atoms with Crippen molar-refractivity contribution in [2.45, 2.75) is 31.7 Å². The van der Waals surface area contributed by atoms with E-state index in [9.17, 15) is 18.4 Å². The highest BCUT2D eigenvalue weighted by Gasteiger charge is 2.41. The maximum Gasteiger partial charge on any atom is 0.268 e. The standard InChI is InChI=1S/C25H24F2N4O3/c1-31-23-19(27)11-16(26)12-21(23)34-13-20(25(31)33)28-24(32)22-18-8-7-15(18)10-17(29-30-22)9-14-5-3-2-4-6-14/h2-6,11-12,15,18,20H,7-10,13H2,1H3,(H,28,32)/t15?,18?,20-/m0/s1. The Hall–Kier alpha value is -3.62. The molecule has 1 fully saturated rings. The van der Waals surface area contributed by atoms with Gasteiger partial charge in [0.1, 0.15) is 35.6 Å². The number of hydrogen-bond acceptors (Lipinski definition) is 5. The van der Waals surface area contributed by atoms with Gasteiger partial charge < -0.3 is 15.0 Å². The monoisotopic (exact) mass is 466 g/mol. The number of amides is 2. The van der Waals surface area contributed by atoms with Gasteiger partial charge in [0.15, 0.2) is 5.82 Å². The van der Waals surface area contributed by atoms with Crippen LogP contribution in [0.4, 0.5) is 14.5 Å². The highest BCUT2D eigenvalue weighted by Crippen LogP contribution is 2.40. The summed E-state index contributed by atoms with van der Waals surface area (Å²) < 4.78 is 33.5. The van der Waals surface area contributed by atoms with Gasteiger partial charge in [-0.05, 0) is 30.7 Å². The molecule has 0 bridgehead atoms. The van der Waals surface area contributed by atoms with Gasteiger partial charge in [0, 0.05) is 37.2 Å². The number of nitrogens with zero attached hydrogens (tertiary/aromatic N) is 3. The summed E-state index contributed by atoms with van der Waals surface area (Å²) in [5, 5.41) is 11.4. The third kappa shape index (κ3) is 4.18. The van der Waals surface area contributed by atoms with Crippen LogP contribution in [0.1, 0.15) is 24.8 Å². The van der Waals surface area contributed by atoms with Gasteiger partial charge >= 0.3 is 0 Å². The Balaban J connectivity index is 1.34. The molecule has 0 radical (unpaired) electrons. The van der Waals surface area contributed by atoms with Crippen LogP contribution in [0.5, 0.6) is 5.75 Å². The fourth-order valence-electron chi connectivity index (χ4n) is 4.77. The first-order valence-corrected chi connectivity index (χ1v) is 11.3. The Labute approximate surface area is 195 Å². The van der Waals surface area contributed by atoms with E-state index in [-0.39, 0.29) is 29.9 Å². The van der Waals surface area contributed by atoms with Gasteiger partial charge in [0.2, 0.25) is 0 Å². The zero-order chi connectivity index (χ0) is 23.8. The molecule has 1 N–H and O–H groups in total. The number of rotatable bonds is 4. The summed E-state index contributed by atoms with van der Waals surface area (Å²) in [5.74, 6) is -2.63. The van der Waals surface area contributed by atoms with E-state index in [2.05, 4.69) is 15.5 Å². The molecule has 2 aromatic rings. The average molecular weight is 466 g/mol. The lowest BCUT2D eigenvalue weighted by molar-refractivity contribution is -0.125. The van der Waals surface area contributed by atoms with Crippen molar-refractivity contribution in [3.8, 4) is 5.75 Å². The first-order chi connectivity index (χ1) is 16.4. The Morgan fingerprint density at radius 2 is 1.97 bits per heavy atom. The topological polar surface area (TPSA) is 83.4 Å². The van der Waals surface area contributed by atoms with E-state index in [1.165, 1.54) is 7.05 Å². The second kappa shape index (κ2) is 8.96. The average Bonchev–Trinajstić information content (AvgIpc) is 2.99. The van der Waals surface area contributed by atoms with Gasteiger partial charge in [0.05, 0.1) is 0 Å². The first kappa shape index (κ1) is 22.2. The van der Waals surface area contributed by atoms with Gasteiger partial charge in [-0.1, -0.05) is 30.3 Å². The summed E-state index contributed by atoms with van der Waals surface area (Å²) in [7, 11) is 1.36. The van der Waals surface area contributed by atoms with E-state index in [0.717, 1.165) is 41.5 Å². The molecule has 5 rings (SSSR count). The lowest BCUT2D eigenvalue weighted by Crippen LogP contribution is -2.53. The van der Waals surface area contributed by atoms with Crippen LogP contribution in [0.25, 0.3) is 0 Å². The van der Waals surface area contributed by atoms with E-state index in [1.54, 1.807) is 0 Å². The van der Waals surface area contributed by atoms with E-state index in [1.807, 2.05) is 30.3 Å². The summed E-state index contributed by atoms with van der Waals surface area (Å²) in [6.45, 7) is -0.255. The lowest BCUT2D eigenvalue weighted by Gasteiger charge is -2.35. The summed E-state index contributed by atoms with van der Waals surface area (Å²) in [6.07, 6.45) is 3.26. The number of benzene rings is 2. The van der Waals surface area contributed by atoms with Crippen molar-refractivity contribution in [3.05, 3.63) is 59.7 Å². The number of halogens is 2. The van der Waals surface area contributed by atoms with E-state index >= 15 is 0 Å². The zero-order valence-corrected chi connectivity index (χ0v) is 18.6. The fourth-order valence-corrected chi connectivity index (χ4v) is 4.77. The second-order valence-electron chi connectivity index (χ2n) is 8.93. The van der Waals surface area contributed by atoms with Crippen LogP contribution < -0.4 is 15.0 Å². The Morgan fingerprint density at radius 1 is 1.18 bits per heavy atom. The van der Waals surface area contributed by atoms with Gasteiger partial charge in [-0.25, -0.2) is 8.78 Å². The van der Waals surface area contributed by atoms with Crippen LogP contribution >= 0.6 is 0 Å². The van der Waals surface area contributed by atoms with Crippen molar-refractivity contribution in [1.29, 1.82) is 0 Å². The van der Waals surface area contributed by atoms with Crippen molar-refractivity contribution >= 4 is 28.9 Å². The molecule has 2 heterocycles. The molecule has 0 spiro atoms. The van der Waals surface area contributed by atoms with E-state index in [0.29, 0.717) is 18.2 Å². The highest BCUT2D eigenvalue weighted by atomic mass is 19.1. The summed E-state index contributed by atoms with van der Waals surface area (Å²) in [5.41, 5.74) is 2.19. The number of carbonyl (C=O) groups is 2. The minimum absolute atomic E-state index is 0.0275. The lowest BCUT2D eigenvalue weighted by atomic mass is 9.68. The number of anilines is 1. The maximum absolute atomic E-state index is 14.3. The molecule has 2 amide bonds. The summed E-state index contributed by atoms with van der Waals surface area (Å²) in [6, 6.07) is 10.6. The van der Waals surface area contributed by atoms with Crippen LogP contribution in [-0.2, 0) is 16.0 Å². The maximum atomic E-state index is 14.3. The normalized spacial score (nSPS) is 23.8. The molecule has 7 nitrogen and oxygen atoms in total. The molecule has 2 unspecified atom stereocenters. The van der Waals surface area contributed by atoms with Gasteiger partial charge in [-0.15, -0.1) is 5.10 Å². The number of likely N-dealkylation sites (N-methyl/N-ethyl adjacent to an activating group) is 1. The number of fused-ring (bicyclic) bond motifs is 2. The molecule has 176 valence electrons. The van der Waals surface area contributed by atoms with Crippen molar-refractivity contribution in [2.24, 2.45) is 22.0 Å². The van der Waals surface area contributed by atoms with Crippen molar-refractivity contribution in [3.63, 3.8) is 0 Å². The number of nitrogens with one attached hydrogen (secondary N) is 1. The first-order valence-electron chi connectivity index (χ1n) is 11.3. The van der Waals surface area contributed by atoms with Gasteiger partial charge in [0.25, 0.3) is 11.8 Å². The Bertz CT molecular complexity index is 1200. The molecule has 34 heavy (non-hydrogen) atoms. The van der Waals surface area contributed by atoms with Crippen LogP contribution in [0.2, 0.25) is 0 Å². The molecule has 1 aliphatic carbocycles. The molecule has 2 aromatic carbocycles. The summed E-state index contributed by atoms with van der Waals surface area (Å²) in [4.78, 5) is 27.2. The highest BCUT2D eigenvalue weighted by molar-refractivity contribution is 6.40. The van der Waals surface area contributed by atoms with Crippen molar-refractivity contribution in [1.82, 2.24) is 5.32 Å². The van der Waals surface area contributed by atoms with E-state index in [4.69, 9.17) is 4.74 Å². The summed E-state index contributed by atoms with van der Waals surface area (Å²) >= 11 is 0. The predicted molar refractivity (Wildman–Crippen MR) is 123 cm³/mol. The number of ether oxygens (including phenoxy) is 1. The number of carbonyl (C=O) groups excluding carboxylic acids is 2. The molecule has 3 atom stereocenters. The van der Waals surface area contributed by atoms with Crippen molar-refractivity contribution in [2.75, 3.05) is 18.6 Å². The van der Waals surface area contributed by atoms with Crippen LogP contribution in [0, 0.1) is 23.5 Å². The third-order valence-corrected chi connectivity index (χ3v) is 6.72. The predicted octanol–water partition coefficient (Wildman–Crippen LogP) is 3.27. The molecular weight excluding hydrogens is 442 g/mol. The molecule has 1 saturated carbocycles. The van der Waals surface area contributed by atoms with Crippen molar-refractivity contribution < 1.29 is 23.1 Å². The van der Waals surface area contributed by atoms with Crippen LogP contribution in [0.15, 0.2) is 52.7 Å².